The lowest BCUT2D eigenvalue weighted by atomic mass is 10.1. The summed E-state index contributed by atoms with van der Waals surface area (Å²) >= 11 is 0. The van der Waals surface area contributed by atoms with Crippen LogP contribution in [0, 0.1) is 12.7 Å². The predicted octanol–water partition coefficient (Wildman–Crippen LogP) is 3.21. The number of halogens is 1. The maximum absolute atomic E-state index is 13.8. The number of hydrogen-bond acceptors (Lipinski definition) is 6. The molecule has 1 aliphatic rings. The Labute approximate surface area is 167 Å². The number of amides is 1. The smallest absolute Gasteiger partial charge is 0.276 e. The number of aromatic nitrogens is 1. The quantitative estimate of drug-likeness (QED) is 0.632. The zero-order chi connectivity index (χ0) is 20.6. The van der Waals surface area contributed by atoms with Crippen molar-refractivity contribution >= 4 is 15.7 Å². The molecule has 0 bridgehead atoms. The van der Waals surface area contributed by atoms with Crippen molar-refractivity contribution in [3.63, 3.8) is 0 Å². The van der Waals surface area contributed by atoms with Crippen LogP contribution in [-0.4, -0.2) is 41.9 Å². The van der Waals surface area contributed by atoms with Crippen molar-refractivity contribution in [3.8, 4) is 11.3 Å². The Morgan fingerprint density at radius 3 is 2.79 bits per heavy atom. The van der Waals surface area contributed by atoms with Crippen LogP contribution in [0.3, 0.4) is 0 Å². The number of aryl methyl sites for hydroxylation is 1. The molecule has 0 aliphatic carbocycles. The van der Waals surface area contributed by atoms with Crippen molar-refractivity contribution in [3.05, 3.63) is 65.5 Å². The Bertz CT molecular complexity index is 1140. The van der Waals surface area contributed by atoms with Crippen molar-refractivity contribution in [2.24, 2.45) is 0 Å². The molecule has 3 aromatic rings. The van der Waals surface area contributed by atoms with Crippen LogP contribution in [0.2, 0.25) is 0 Å². The molecule has 1 amide bonds. The van der Waals surface area contributed by atoms with Gasteiger partial charge in [-0.15, -0.1) is 0 Å². The van der Waals surface area contributed by atoms with Crippen molar-refractivity contribution in [1.82, 2.24) is 10.1 Å². The molecule has 9 heteroatoms. The van der Waals surface area contributed by atoms with E-state index in [2.05, 4.69) is 5.16 Å². The van der Waals surface area contributed by atoms with E-state index in [1.807, 2.05) is 0 Å². The lowest BCUT2D eigenvalue weighted by Gasteiger charge is -2.26. The Morgan fingerprint density at radius 1 is 1.31 bits per heavy atom. The topological polar surface area (TPSA) is 93.6 Å². The van der Waals surface area contributed by atoms with Crippen molar-refractivity contribution in [2.45, 2.75) is 25.9 Å². The Kier molecular flexibility index (Phi) is 4.99. The van der Waals surface area contributed by atoms with E-state index in [0.717, 1.165) is 0 Å². The zero-order valence-electron chi connectivity index (χ0n) is 15.7. The molecular weight excluding hydrogens is 399 g/mol. The number of rotatable bonds is 5. The molecule has 29 heavy (non-hydrogen) atoms. The number of sulfone groups is 1. The van der Waals surface area contributed by atoms with Crippen molar-refractivity contribution in [2.75, 3.05) is 11.5 Å². The molecule has 1 aromatic carbocycles. The second-order valence-electron chi connectivity index (χ2n) is 7.11. The molecule has 2 aromatic heterocycles. The van der Waals surface area contributed by atoms with Crippen LogP contribution in [0.5, 0.6) is 0 Å². The van der Waals surface area contributed by atoms with E-state index in [4.69, 9.17) is 8.94 Å². The Hall–Kier alpha value is -2.94. The summed E-state index contributed by atoms with van der Waals surface area (Å²) in [6.07, 6.45) is 1.84. The second kappa shape index (κ2) is 7.47. The average molecular weight is 418 g/mol. The van der Waals surface area contributed by atoms with Gasteiger partial charge in [-0.3, -0.25) is 4.79 Å². The first-order chi connectivity index (χ1) is 13.8. The van der Waals surface area contributed by atoms with Crippen LogP contribution >= 0.6 is 0 Å². The van der Waals surface area contributed by atoms with E-state index in [-0.39, 0.29) is 35.3 Å². The van der Waals surface area contributed by atoms with Gasteiger partial charge in [-0.2, -0.15) is 0 Å². The number of carbonyl (C=O) groups excluding carboxylic acids is 1. The minimum atomic E-state index is -3.19. The van der Waals surface area contributed by atoms with Gasteiger partial charge >= 0.3 is 0 Å². The van der Waals surface area contributed by atoms with E-state index < -0.39 is 21.8 Å². The maximum atomic E-state index is 13.8. The second-order valence-corrected chi connectivity index (χ2v) is 9.34. The molecule has 7 nitrogen and oxygen atoms in total. The Morgan fingerprint density at radius 2 is 2.14 bits per heavy atom. The van der Waals surface area contributed by atoms with Crippen LogP contribution in [0.4, 0.5) is 4.39 Å². The predicted molar refractivity (Wildman–Crippen MR) is 102 cm³/mol. The van der Waals surface area contributed by atoms with Gasteiger partial charge in [0.15, 0.2) is 21.3 Å². The summed E-state index contributed by atoms with van der Waals surface area (Å²) in [6, 6.07) is 8.98. The molecule has 4 rings (SSSR count). The zero-order valence-corrected chi connectivity index (χ0v) is 16.5. The van der Waals surface area contributed by atoms with Gasteiger partial charge < -0.3 is 13.8 Å². The van der Waals surface area contributed by atoms with E-state index in [1.165, 1.54) is 23.3 Å². The van der Waals surface area contributed by atoms with Crippen LogP contribution in [-0.2, 0) is 16.4 Å². The molecule has 1 atom stereocenters. The van der Waals surface area contributed by atoms with Crippen LogP contribution in [0.25, 0.3) is 11.3 Å². The number of nitrogens with zero attached hydrogens (tertiary/aromatic N) is 2. The fourth-order valence-electron chi connectivity index (χ4n) is 3.36. The monoisotopic (exact) mass is 418 g/mol. The minimum Gasteiger partial charge on any atom is -0.467 e. The summed E-state index contributed by atoms with van der Waals surface area (Å²) in [5.74, 6) is -0.135. The van der Waals surface area contributed by atoms with E-state index in [0.29, 0.717) is 23.3 Å². The highest BCUT2D eigenvalue weighted by Gasteiger charge is 2.36. The van der Waals surface area contributed by atoms with Gasteiger partial charge in [0, 0.05) is 17.7 Å². The van der Waals surface area contributed by atoms with E-state index in [9.17, 15) is 17.6 Å². The van der Waals surface area contributed by atoms with Crippen molar-refractivity contribution < 1.29 is 26.5 Å². The third-order valence-corrected chi connectivity index (χ3v) is 6.75. The molecule has 0 radical (unpaired) electrons. The number of carbonyl (C=O) groups is 1. The molecule has 1 saturated heterocycles. The highest BCUT2D eigenvalue weighted by Crippen LogP contribution is 2.26. The highest BCUT2D eigenvalue weighted by atomic mass is 32.2. The summed E-state index contributed by atoms with van der Waals surface area (Å²) in [4.78, 5) is 14.6. The van der Waals surface area contributed by atoms with Gasteiger partial charge in [0.1, 0.15) is 11.6 Å². The lowest BCUT2D eigenvalue weighted by molar-refractivity contribution is 0.0655. The van der Waals surface area contributed by atoms with Crippen molar-refractivity contribution in [1.29, 1.82) is 0 Å². The molecular formula is C20H19FN2O5S. The SMILES string of the molecule is Cc1ccc(-c2cc(C(=O)N(Cc3ccco3)[C@@H]3CCS(=O)(=O)C3)no2)cc1F. The van der Waals surface area contributed by atoms with Crippen LogP contribution in [0.1, 0.15) is 28.2 Å². The van der Waals surface area contributed by atoms with Gasteiger partial charge in [-0.05, 0) is 37.1 Å². The first kappa shape index (κ1) is 19.4. The normalized spacial score (nSPS) is 18.1. The van der Waals surface area contributed by atoms with Gasteiger partial charge in [-0.25, -0.2) is 12.8 Å². The summed E-state index contributed by atoms with van der Waals surface area (Å²) in [5, 5.41) is 3.83. The molecule has 3 heterocycles. The van der Waals surface area contributed by atoms with Gasteiger partial charge in [0.25, 0.3) is 5.91 Å². The Balaban J connectivity index is 1.62. The standard InChI is InChI=1S/C20H19FN2O5S/c1-13-4-5-14(9-17(13)21)19-10-18(22-28-19)20(24)23(11-16-3-2-7-27-16)15-6-8-29(25,26)12-15/h2-5,7,9-10,15H,6,8,11-12H2,1H3/t15-/m1/s1. The third kappa shape index (κ3) is 4.09. The fraction of sp³-hybridized carbons (Fsp3) is 0.300. The average Bonchev–Trinajstić information content (AvgIpc) is 3.42. The number of hydrogen-bond donors (Lipinski definition) is 0. The third-order valence-electron chi connectivity index (χ3n) is 5.00. The summed E-state index contributed by atoms with van der Waals surface area (Å²) in [5.41, 5.74) is 0.981. The molecule has 1 aliphatic heterocycles. The summed E-state index contributed by atoms with van der Waals surface area (Å²) < 4.78 is 48.3. The summed E-state index contributed by atoms with van der Waals surface area (Å²) in [7, 11) is -3.19. The lowest BCUT2D eigenvalue weighted by Crippen LogP contribution is -2.40. The number of benzene rings is 1. The van der Waals surface area contributed by atoms with Gasteiger partial charge in [0.05, 0.1) is 24.3 Å². The van der Waals surface area contributed by atoms with Gasteiger partial charge in [-0.1, -0.05) is 17.3 Å². The first-order valence-electron chi connectivity index (χ1n) is 9.09. The molecule has 1 fully saturated rings. The largest absolute Gasteiger partial charge is 0.467 e. The maximum Gasteiger partial charge on any atom is 0.276 e. The molecule has 0 spiro atoms. The molecule has 0 N–H and O–H groups in total. The molecule has 0 unspecified atom stereocenters. The first-order valence-corrected chi connectivity index (χ1v) is 10.9. The summed E-state index contributed by atoms with van der Waals surface area (Å²) in [6.45, 7) is 1.77. The number of furan rings is 1. The molecule has 152 valence electrons. The van der Waals surface area contributed by atoms with Crippen LogP contribution < -0.4 is 0 Å². The minimum absolute atomic E-state index is 0.0248. The van der Waals surface area contributed by atoms with Gasteiger partial charge in [0.2, 0.25) is 0 Å². The van der Waals surface area contributed by atoms with Crippen LogP contribution in [0.15, 0.2) is 51.6 Å². The fourth-order valence-corrected chi connectivity index (χ4v) is 5.09. The van der Waals surface area contributed by atoms with E-state index in [1.54, 1.807) is 31.2 Å². The van der Waals surface area contributed by atoms with E-state index >= 15 is 0 Å². The molecule has 0 saturated carbocycles. The highest BCUT2D eigenvalue weighted by molar-refractivity contribution is 7.91.